The summed E-state index contributed by atoms with van der Waals surface area (Å²) < 4.78 is 33.3. The number of para-hydroxylation sites is 1. The van der Waals surface area contributed by atoms with Gasteiger partial charge in [0.2, 0.25) is 27.7 Å². The normalized spacial score (nSPS) is 21.5. The molecule has 1 unspecified atom stereocenters. The SMILES string of the molecule is Cc1ncsc1-c1ccc([C@H](C)NC(=O)[C@@H]2C[C@@H](O)CN2C(=O)C(NC(=O)CCCCCCCS(=O)(=O)NC(=O)c2nc(N3CCc4cccc(C(=O)Nc5nc6ccccc6s5)c4C3)ccc2-c2cc(C#N)n(CC34CC5CC(CC(C5)C3)C4)c2C)C(C)(C)C)cc1. The number of amides is 5. The van der Waals surface area contributed by atoms with Crippen LogP contribution in [0.5, 0.6) is 0 Å². The second-order valence-corrected chi connectivity index (χ2v) is 31.6. The van der Waals surface area contributed by atoms with Gasteiger partial charge < -0.3 is 30.1 Å². The fraction of sp³-hybridized carbons (Fsp3) is 0.479. The molecule has 5 fully saturated rings. The van der Waals surface area contributed by atoms with E-state index in [-0.39, 0.29) is 60.5 Å². The van der Waals surface area contributed by atoms with E-state index in [9.17, 15) is 42.8 Å². The number of nitriles is 1. The van der Waals surface area contributed by atoms with Crippen molar-refractivity contribution >= 4 is 83.4 Å². The van der Waals surface area contributed by atoms with E-state index in [1.54, 1.807) is 23.5 Å². The van der Waals surface area contributed by atoms with E-state index in [4.69, 9.17) is 4.98 Å². The molecule has 0 spiro atoms. The van der Waals surface area contributed by atoms with Crippen LogP contribution in [0.3, 0.4) is 0 Å². The predicted molar refractivity (Wildman–Crippen MR) is 362 cm³/mol. The van der Waals surface area contributed by atoms with Crippen LogP contribution in [-0.4, -0.2) is 105 Å². The summed E-state index contributed by atoms with van der Waals surface area (Å²) in [6.45, 7) is 12.8. The van der Waals surface area contributed by atoms with Crippen molar-refractivity contribution in [1.82, 2.24) is 39.8 Å². The number of benzene rings is 3. The largest absolute Gasteiger partial charge is 0.391 e. The number of nitrogens with zero attached hydrogens (tertiary/aromatic N) is 7. The van der Waals surface area contributed by atoms with E-state index in [1.165, 1.54) is 35.5 Å². The molecule has 3 aromatic carbocycles. The summed E-state index contributed by atoms with van der Waals surface area (Å²) in [5, 5.41) is 30.9. The molecule has 22 heteroatoms. The van der Waals surface area contributed by atoms with Crippen LogP contribution in [-0.2, 0) is 43.9 Å². The number of β-amino-alcohol motifs (C(OH)–C–C–N with tert-alkyl or cyclic N) is 1. The monoisotopic (exact) mass is 1310 g/mol. The van der Waals surface area contributed by atoms with E-state index in [0.717, 1.165) is 68.0 Å². The molecule has 0 radical (unpaired) electrons. The lowest BCUT2D eigenvalue weighted by Crippen LogP contribution is -2.57. The number of sulfonamides is 1. The van der Waals surface area contributed by atoms with Gasteiger partial charge in [-0.25, -0.2) is 28.1 Å². The number of hydrogen-bond donors (Lipinski definition) is 5. The maximum Gasteiger partial charge on any atom is 0.284 e. The highest BCUT2D eigenvalue weighted by Gasteiger charge is 2.51. The van der Waals surface area contributed by atoms with Crippen molar-refractivity contribution in [3.05, 3.63) is 135 Å². The van der Waals surface area contributed by atoms with E-state index in [0.29, 0.717) is 103 Å². The number of fused-ring (bicyclic) bond motifs is 2. The minimum absolute atomic E-state index is 0.0477. The molecule has 5 N–H and O–H groups in total. The zero-order chi connectivity index (χ0) is 65.5. The van der Waals surface area contributed by atoms with Gasteiger partial charge in [0.25, 0.3) is 11.8 Å². The van der Waals surface area contributed by atoms with Gasteiger partial charge in [-0.3, -0.25) is 29.3 Å². The third-order valence-electron chi connectivity index (χ3n) is 20.0. The van der Waals surface area contributed by atoms with Gasteiger partial charge in [-0.1, -0.05) is 99.9 Å². The minimum Gasteiger partial charge on any atom is -0.391 e. The summed E-state index contributed by atoms with van der Waals surface area (Å²) in [6, 6.07) is 26.9. The predicted octanol–water partition coefficient (Wildman–Crippen LogP) is 11.6. The zero-order valence-electron chi connectivity index (χ0n) is 53.8. The van der Waals surface area contributed by atoms with Gasteiger partial charge in [0.05, 0.1) is 44.2 Å². The van der Waals surface area contributed by atoms with E-state index in [2.05, 4.69) is 41.3 Å². The molecule has 1 saturated heterocycles. The van der Waals surface area contributed by atoms with Crippen molar-refractivity contribution < 1.29 is 37.5 Å². The van der Waals surface area contributed by atoms with Crippen LogP contribution in [0.25, 0.3) is 31.8 Å². The molecule has 2 aliphatic heterocycles. The topological polar surface area (TPSA) is 262 Å². The van der Waals surface area contributed by atoms with Gasteiger partial charge >= 0.3 is 0 Å². The molecule has 19 nitrogen and oxygen atoms in total. The van der Waals surface area contributed by atoms with Gasteiger partial charge in [0, 0.05) is 61.4 Å². The van der Waals surface area contributed by atoms with Crippen LogP contribution in [0, 0.1) is 53.8 Å². The number of likely N-dealkylation sites (tertiary alicyclic amines) is 1. The number of aliphatic hydroxyl groups is 1. The average molecular weight is 1310 g/mol. The number of thiazole rings is 2. The fourth-order valence-corrected chi connectivity index (χ4v) is 18.5. The number of anilines is 2. The molecule has 4 saturated carbocycles. The number of aliphatic hydroxyl groups excluding tert-OH is 1. The van der Waals surface area contributed by atoms with E-state index < -0.39 is 51.3 Å². The minimum atomic E-state index is -4.20. The van der Waals surface area contributed by atoms with Gasteiger partial charge in [-0.15, -0.1) is 11.3 Å². The van der Waals surface area contributed by atoms with Gasteiger partial charge in [-0.05, 0) is 166 Å². The number of aromatic nitrogens is 4. The molecule has 7 aromatic rings. The highest BCUT2D eigenvalue weighted by atomic mass is 32.2. The Labute approximate surface area is 552 Å². The molecule has 93 heavy (non-hydrogen) atoms. The Morgan fingerprint density at radius 3 is 2.26 bits per heavy atom. The Morgan fingerprint density at radius 2 is 1.56 bits per heavy atom. The molecular weight excluding hydrogens is 1230 g/mol. The Kier molecular flexibility index (Phi) is 18.9. The number of aryl methyl sites for hydroxylation is 1. The van der Waals surface area contributed by atoms with Gasteiger partial charge in [0.1, 0.15) is 35.4 Å². The third-order valence-corrected chi connectivity index (χ3v) is 23.3. The lowest BCUT2D eigenvalue weighted by molar-refractivity contribution is -0.144. The number of hydrogen-bond acceptors (Lipinski definition) is 15. The zero-order valence-corrected chi connectivity index (χ0v) is 56.2. The van der Waals surface area contributed by atoms with Crippen LogP contribution in [0.2, 0.25) is 0 Å². The van der Waals surface area contributed by atoms with Crippen molar-refractivity contribution in [2.45, 2.75) is 169 Å². The molecule has 488 valence electrons. The van der Waals surface area contributed by atoms with Crippen LogP contribution < -0.4 is 25.6 Å². The van der Waals surface area contributed by atoms with Crippen molar-refractivity contribution in [3.8, 4) is 27.6 Å². The summed E-state index contributed by atoms with van der Waals surface area (Å²) in [6.07, 6.45) is 9.57. The Balaban J connectivity index is 0.678. The quantitative estimate of drug-likeness (QED) is 0.0396. The average Bonchev–Trinajstić information content (AvgIpc) is 1.71. The van der Waals surface area contributed by atoms with Crippen molar-refractivity contribution in [2.24, 2.45) is 28.6 Å². The summed E-state index contributed by atoms with van der Waals surface area (Å²) in [5.74, 6) is -0.131. The first kappa shape index (κ1) is 65.2. The first-order chi connectivity index (χ1) is 44.5. The number of carbonyl (C=O) groups is 5. The number of nitrogens with one attached hydrogen (secondary N) is 4. The highest BCUT2D eigenvalue weighted by Crippen LogP contribution is 2.61. The second-order valence-electron chi connectivity index (χ2n) is 27.9. The summed E-state index contributed by atoms with van der Waals surface area (Å²) in [5.41, 5.74) is 9.39. The number of pyridine rings is 1. The van der Waals surface area contributed by atoms with Crippen LogP contribution >= 0.6 is 22.7 Å². The highest BCUT2D eigenvalue weighted by molar-refractivity contribution is 7.90. The van der Waals surface area contributed by atoms with Crippen LogP contribution in [0.1, 0.15) is 172 Å². The maximum absolute atomic E-state index is 14.7. The Hall–Kier alpha value is -7.84. The van der Waals surface area contributed by atoms with Crippen LogP contribution in [0.15, 0.2) is 90.4 Å². The maximum atomic E-state index is 14.7. The molecule has 6 heterocycles. The van der Waals surface area contributed by atoms with Crippen molar-refractivity contribution in [3.63, 3.8) is 0 Å². The van der Waals surface area contributed by atoms with Crippen LogP contribution in [0.4, 0.5) is 10.9 Å². The Morgan fingerprint density at radius 1 is 0.839 bits per heavy atom. The van der Waals surface area contributed by atoms with Gasteiger partial charge in [0.15, 0.2) is 5.13 Å². The number of rotatable bonds is 22. The van der Waals surface area contributed by atoms with Crippen molar-refractivity contribution in [2.75, 3.05) is 29.1 Å². The molecule has 4 bridgehead atoms. The number of unbranched alkanes of at least 4 members (excludes halogenated alkanes) is 4. The fourth-order valence-electron chi connectivity index (χ4n) is 15.7. The molecule has 4 atom stereocenters. The molecule has 13 rings (SSSR count). The molecule has 4 aliphatic carbocycles. The van der Waals surface area contributed by atoms with E-state index >= 15 is 0 Å². The summed E-state index contributed by atoms with van der Waals surface area (Å²) in [4.78, 5) is 88.9. The molecule has 4 aromatic heterocycles. The third kappa shape index (κ3) is 14.3. The first-order valence-corrected chi connectivity index (χ1v) is 36.1. The first-order valence-electron chi connectivity index (χ1n) is 32.8. The van der Waals surface area contributed by atoms with Gasteiger partial charge in [-0.2, -0.15) is 5.26 Å². The molecular formula is C71H83N11O8S3. The number of carbonyl (C=O) groups excluding carboxylic acids is 5. The lowest BCUT2D eigenvalue weighted by Gasteiger charge is -2.57. The lowest BCUT2D eigenvalue weighted by atomic mass is 9.49. The van der Waals surface area contributed by atoms with Crippen molar-refractivity contribution in [1.29, 1.82) is 5.26 Å². The smallest absolute Gasteiger partial charge is 0.284 e. The molecule has 6 aliphatic rings. The summed E-state index contributed by atoms with van der Waals surface area (Å²) >= 11 is 2.96. The second kappa shape index (κ2) is 26.9. The summed E-state index contributed by atoms with van der Waals surface area (Å²) in [7, 11) is -4.20. The molecule has 5 amide bonds. The Bertz CT molecular complexity index is 4090. The van der Waals surface area contributed by atoms with E-state index in [1.807, 2.05) is 125 Å². The standard InChI is InChI=1S/C71H83N11O8S3/c1-42(48-20-22-50(23-21-48)63-43(2)73-41-91-63)74-66(86)58-33-52(83)38-81(58)68(88)64(70(4,5)6)77-61(84)19-10-8-7-9-13-28-93(89,90)79-67(87)62-53(55-32-51(37-72)82(44(55)3)40-71-34-45-29-46(35-71)31-47(30-45)36-71)24-25-60(76-62)80-27-26-49-15-14-16-54(56(49)39-80)65(85)78-69-75-57-17-11-12-18-59(57)92-69/h11-12,14-18,20-25,32,41-42,45-47,52,58,64,83H,7-10,13,19,26-31,33-36,38-40H2,1-6H3,(H,74,86)(H,77,84)(H,79,87)(H,75,78,85)/t42-,45?,46?,47?,52+,58-,64?,71?/m0/s1.